The molecule has 0 aliphatic heterocycles. The summed E-state index contributed by atoms with van der Waals surface area (Å²) in [7, 11) is -0.765. The molecule has 13 heavy (non-hydrogen) atoms. The van der Waals surface area contributed by atoms with E-state index in [-0.39, 0.29) is 5.41 Å². The lowest BCUT2D eigenvalue weighted by Gasteiger charge is -2.19. The zero-order chi connectivity index (χ0) is 9.90. The third-order valence-corrected chi connectivity index (χ3v) is 2.36. The van der Waals surface area contributed by atoms with Gasteiger partial charge in [0.05, 0.1) is 0 Å². The second-order valence-corrected chi connectivity index (χ2v) is 5.22. The zero-order valence-corrected chi connectivity index (χ0v) is 9.10. The van der Waals surface area contributed by atoms with E-state index >= 15 is 0 Å². The van der Waals surface area contributed by atoms with E-state index < -0.39 is 7.12 Å². The fourth-order valence-electron chi connectivity index (χ4n) is 0.843. The molecule has 0 radical (unpaired) electrons. The molecule has 72 valence electrons. The second kappa shape index (κ2) is 4.27. The van der Waals surface area contributed by atoms with Gasteiger partial charge in [-0.2, -0.15) is 11.3 Å². The quantitative estimate of drug-likeness (QED) is 0.745. The van der Waals surface area contributed by atoms with E-state index in [1.54, 1.807) is 0 Å². The van der Waals surface area contributed by atoms with Crippen molar-refractivity contribution < 1.29 is 9.68 Å². The van der Waals surface area contributed by atoms with Crippen molar-refractivity contribution in [3.05, 3.63) is 17.5 Å². The van der Waals surface area contributed by atoms with Crippen molar-refractivity contribution >= 4 is 23.2 Å². The molecule has 0 unspecified atom stereocenters. The Morgan fingerprint density at radius 1 is 1.54 bits per heavy atom. The summed E-state index contributed by atoms with van der Waals surface area (Å²) in [5, 5.41) is 11.5. The van der Waals surface area contributed by atoms with Crippen LogP contribution in [-0.4, -0.2) is 18.7 Å². The van der Waals surface area contributed by atoms with Gasteiger partial charge in [0.25, 0.3) is 0 Å². The predicted molar refractivity (Wildman–Crippen MR) is 57.3 cm³/mol. The molecule has 1 heterocycles. The van der Waals surface area contributed by atoms with Gasteiger partial charge in [0.15, 0.2) is 0 Å². The Morgan fingerprint density at radius 2 is 2.23 bits per heavy atom. The summed E-state index contributed by atoms with van der Waals surface area (Å²) in [5.41, 5.74) is 0.0955. The van der Waals surface area contributed by atoms with Gasteiger partial charge in [0.2, 0.25) is 0 Å². The molecule has 0 amide bonds. The van der Waals surface area contributed by atoms with Gasteiger partial charge in [0, 0.05) is 11.4 Å². The maximum Gasteiger partial charge on any atom is 0.501 e. The Balaban J connectivity index is 2.39. The number of rotatable bonds is 3. The summed E-state index contributed by atoms with van der Waals surface area (Å²) >= 11 is 1.51. The van der Waals surface area contributed by atoms with Crippen LogP contribution in [0.4, 0.5) is 0 Å². The van der Waals surface area contributed by atoms with Gasteiger partial charge in [-0.25, -0.2) is 0 Å². The molecule has 1 rings (SSSR count). The molecule has 0 saturated carbocycles. The molecular formula is C9H15BO2S. The van der Waals surface area contributed by atoms with Crippen LogP contribution >= 0.6 is 11.3 Å². The highest BCUT2D eigenvalue weighted by molar-refractivity contribution is 7.20. The van der Waals surface area contributed by atoms with Crippen LogP contribution in [0.3, 0.4) is 0 Å². The molecule has 1 N–H and O–H groups in total. The van der Waals surface area contributed by atoms with E-state index in [1.165, 1.54) is 11.3 Å². The van der Waals surface area contributed by atoms with Gasteiger partial charge in [0.1, 0.15) is 0 Å². The van der Waals surface area contributed by atoms with Crippen LogP contribution in [0.5, 0.6) is 0 Å². The Kier molecular flexibility index (Phi) is 3.53. The highest BCUT2D eigenvalue weighted by atomic mass is 32.1. The summed E-state index contributed by atoms with van der Waals surface area (Å²) < 4.78 is 6.18. The van der Waals surface area contributed by atoms with Crippen LogP contribution in [0, 0.1) is 5.41 Å². The minimum atomic E-state index is -0.765. The average Bonchev–Trinajstić information content (AvgIpc) is 2.50. The van der Waals surface area contributed by atoms with Crippen molar-refractivity contribution in [2.24, 2.45) is 5.41 Å². The first kappa shape index (κ1) is 10.8. The smallest absolute Gasteiger partial charge is 0.423 e. The number of hydrogen-bond donors (Lipinski definition) is 1. The third-order valence-electron chi connectivity index (χ3n) is 1.46. The van der Waals surface area contributed by atoms with Gasteiger partial charge in [-0.15, -0.1) is 0 Å². The first-order valence-corrected chi connectivity index (χ1v) is 5.20. The lowest BCUT2D eigenvalue weighted by molar-refractivity contribution is 0.175. The van der Waals surface area contributed by atoms with Crippen molar-refractivity contribution in [1.29, 1.82) is 0 Å². The predicted octanol–water partition coefficient (Wildman–Crippen LogP) is 1.50. The van der Waals surface area contributed by atoms with Crippen molar-refractivity contribution in [2.45, 2.75) is 20.8 Å². The van der Waals surface area contributed by atoms with Gasteiger partial charge in [-0.1, -0.05) is 32.9 Å². The van der Waals surface area contributed by atoms with Crippen LogP contribution in [0.15, 0.2) is 17.5 Å². The van der Waals surface area contributed by atoms with E-state index in [0.717, 1.165) is 4.78 Å². The number of hydrogen-bond acceptors (Lipinski definition) is 3. The maximum atomic E-state index is 9.56. The van der Waals surface area contributed by atoms with Crippen molar-refractivity contribution in [3.63, 3.8) is 0 Å². The lowest BCUT2D eigenvalue weighted by Crippen LogP contribution is -2.34. The van der Waals surface area contributed by atoms with Crippen LogP contribution in [0.25, 0.3) is 0 Å². The number of thiophene rings is 1. The summed E-state index contributed by atoms with van der Waals surface area (Å²) in [6.45, 7) is 6.79. The molecular weight excluding hydrogens is 183 g/mol. The van der Waals surface area contributed by atoms with Crippen LogP contribution in [-0.2, 0) is 4.65 Å². The van der Waals surface area contributed by atoms with Gasteiger partial charge in [-0.05, 0) is 10.8 Å². The largest absolute Gasteiger partial charge is 0.501 e. The highest BCUT2D eigenvalue weighted by Crippen LogP contribution is 2.13. The molecule has 0 saturated heterocycles. The van der Waals surface area contributed by atoms with E-state index in [0.29, 0.717) is 6.61 Å². The monoisotopic (exact) mass is 198 g/mol. The van der Waals surface area contributed by atoms with Crippen LogP contribution < -0.4 is 4.78 Å². The van der Waals surface area contributed by atoms with E-state index in [1.807, 2.05) is 17.5 Å². The molecule has 2 nitrogen and oxygen atoms in total. The van der Waals surface area contributed by atoms with E-state index in [4.69, 9.17) is 4.65 Å². The minimum absolute atomic E-state index is 0.0955. The Labute approximate surface area is 83.7 Å². The van der Waals surface area contributed by atoms with Crippen LogP contribution in [0.1, 0.15) is 20.8 Å². The zero-order valence-electron chi connectivity index (χ0n) is 8.28. The Morgan fingerprint density at radius 3 is 2.69 bits per heavy atom. The minimum Gasteiger partial charge on any atom is -0.423 e. The third kappa shape index (κ3) is 3.94. The fraction of sp³-hybridized carbons (Fsp3) is 0.556. The molecule has 0 bridgehead atoms. The summed E-state index contributed by atoms with van der Waals surface area (Å²) in [6, 6.07) is 3.78. The molecule has 1 aromatic rings. The molecule has 0 spiro atoms. The Hall–Kier alpha value is -0.315. The first-order valence-electron chi connectivity index (χ1n) is 4.32. The standard InChI is InChI=1S/C9H15BO2S/c1-9(2,3)7-12-10(11)8-5-4-6-13-8/h4-6,11H,7H2,1-3H3. The molecule has 0 aromatic carbocycles. The molecule has 4 heteroatoms. The summed E-state index contributed by atoms with van der Waals surface area (Å²) in [5.74, 6) is 0. The fourth-order valence-corrected chi connectivity index (χ4v) is 1.50. The average molecular weight is 198 g/mol. The van der Waals surface area contributed by atoms with Gasteiger partial charge >= 0.3 is 7.12 Å². The van der Waals surface area contributed by atoms with Crippen molar-refractivity contribution in [1.82, 2.24) is 0 Å². The second-order valence-electron chi connectivity index (χ2n) is 4.24. The first-order chi connectivity index (χ1) is 5.99. The molecule has 0 atom stereocenters. The normalized spacial score (nSPS) is 11.7. The molecule has 0 aliphatic rings. The van der Waals surface area contributed by atoms with E-state index in [2.05, 4.69) is 20.8 Å². The molecule has 1 aromatic heterocycles. The SMILES string of the molecule is CC(C)(C)COB(O)c1cccs1. The lowest BCUT2D eigenvalue weighted by atomic mass is 9.87. The van der Waals surface area contributed by atoms with Crippen LogP contribution in [0.2, 0.25) is 0 Å². The molecule has 0 aliphatic carbocycles. The summed E-state index contributed by atoms with van der Waals surface area (Å²) in [4.78, 5) is 0. The Bertz CT molecular complexity index is 241. The summed E-state index contributed by atoms with van der Waals surface area (Å²) in [6.07, 6.45) is 0. The van der Waals surface area contributed by atoms with Gasteiger partial charge in [-0.3, -0.25) is 0 Å². The highest BCUT2D eigenvalue weighted by Gasteiger charge is 2.20. The maximum absolute atomic E-state index is 9.56. The topological polar surface area (TPSA) is 29.5 Å². The van der Waals surface area contributed by atoms with Crippen molar-refractivity contribution in [2.75, 3.05) is 6.61 Å². The van der Waals surface area contributed by atoms with E-state index in [9.17, 15) is 5.02 Å². The van der Waals surface area contributed by atoms with Gasteiger partial charge < -0.3 is 9.68 Å². The molecule has 0 fully saturated rings. The van der Waals surface area contributed by atoms with Crippen molar-refractivity contribution in [3.8, 4) is 0 Å².